The first-order chi connectivity index (χ1) is 15.0. The highest BCUT2D eigenvalue weighted by Crippen LogP contribution is 2.29. The Hall–Kier alpha value is -3.80. The van der Waals surface area contributed by atoms with E-state index in [2.05, 4.69) is 15.5 Å². The molecule has 0 aliphatic carbocycles. The van der Waals surface area contributed by atoms with Gasteiger partial charge < -0.3 is 23.9 Å². The number of nitrogens with zero attached hydrogens (tertiary/aromatic N) is 3. The van der Waals surface area contributed by atoms with Crippen LogP contribution in [0.4, 0.5) is 11.4 Å². The number of thioether (sulfide) groups is 1. The highest BCUT2D eigenvalue weighted by atomic mass is 32.2. The Morgan fingerprint density at radius 3 is 2.71 bits per heavy atom. The van der Waals surface area contributed by atoms with E-state index in [-0.39, 0.29) is 34.8 Å². The molecule has 0 bridgehead atoms. The van der Waals surface area contributed by atoms with Crippen molar-refractivity contribution in [3.05, 3.63) is 58.5 Å². The molecule has 162 valence electrons. The van der Waals surface area contributed by atoms with Gasteiger partial charge in [0.15, 0.2) is 6.61 Å². The Balaban J connectivity index is 1.53. The number of methoxy groups -OCH3 is 2. The van der Waals surface area contributed by atoms with E-state index in [4.69, 9.17) is 18.6 Å². The normalized spacial score (nSPS) is 10.4. The maximum atomic E-state index is 12.2. The number of amides is 1. The van der Waals surface area contributed by atoms with Gasteiger partial charge in [0.05, 0.1) is 30.6 Å². The Morgan fingerprint density at radius 2 is 1.97 bits per heavy atom. The number of rotatable bonds is 10. The first kappa shape index (κ1) is 21.9. The molecule has 3 aromatic rings. The molecular formula is C19H18N4O7S. The lowest BCUT2D eigenvalue weighted by Gasteiger charge is -2.09. The molecule has 12 heteroatoms. The van der Waals surface area contributed by atoms with Crippen LogP contribution in [0.5, 0.6) is 17.2 Å². The summed E-state index contributed by atoms with van der Waals surface area (Å²) in [4.78, 5) is 22.6. The van der Waals surface area contributed by atoms with Crippen molar-refractivity contribution >= 4 is 29.0 Å². The van der Waals surface area contributed by atoms with Gasteiger partial charge in [-0.05, 0) is 18.2 Å². The molecule has 2 aromatic carbocycles. The standard InChI is InChI=1S/C19H18N4O7S/c1-27-13-4-3-5-14(9-13)29-10-18-21-22-19(30-18)31-11-17(24)20-15-8-12(23(25)26)6-7-16(15)28-2/h3-9H,10-11H2,1-2H3,(H,20,24). The molecule has 11 nitrogen and oxygen atoms in total. The summed E-state index contributed by atoms with van der Waals surface area (Å²) < 4.78 is 21.3. The maximum Gasteiger partial charge on any atom is 0.277 e. The van der Waals surface area contributed by atoms with Gasteiger partial charge in [-0.1, -0.05) is 17.8 Å². The van der Waals surface area contributed by atoms with E-state index in [1.165, 1.54) is 25.3 Å². The van der Waals surface area contributed by atoms with Gasteiger partial charge in [-0.2, -0.15) is 0 Å². The molecule has 0 aliphatic heterocycles. The number of nitro groups is 1. The van der Waals surface area contributed by atoms with Crippen LogP contribution in [0, 0.1) is 10.1 Å². The molecule has 0 atom stereocenters. The van der Waals surface area contributed by atoms with Gasteiger partial charge in [-0.15, -0.1) is 10.2 Å². The molecule has 1 N–H and O–H groups in total. The molecule has 3 rings (SSSR count). The zero-order valence-electron chi connectivity index (χ0n) is 16.6. The predicted octanol–water partition coefficient (Wildman–Crippen LogP) is 3.30. The van der Waals surface area contributed by atoms with Crippen LogP contribution in [0.15, 0.2) is 52.1 Å². The fourth-order valence-electron chi connectivity index (χ4n) is 2.41. The molecule has 0 fully saturated rings. The van der Waals surface area contributed by atoms with Gasteiger partial charge in [0.2, 0.25) is 5.91 Å². The number of benzene rings is 2. The Labute approximate surface area is 180 Å². The summed E-state index contributed by atoms with van der Waals surface area (Å²) in [5.74, 6) is 1.31. The van der Waals surface area contributed by atoms with Gasteiger partial charge in [0.1, 0.15) is 17.2 Å². The van der Waals surface area contributed by atoms with E-state index in [1.807, 2.05) is 0 Å². The fraction of sp³-hybridized carbons (Fsp3) is 0.211. The Bertz CT molecular complexity index is 1070. The third-order valence-electron chi connectivity index (χ3n) is 3.85. The van der Waals surface area contributed by atoms with Crippen LogP contribution in [0.3, 0.4) is 0 Å². The second-order valence-electron chi connectivity index (χ2n) is 5.91. The van der Waals surface area contributed by atoms with E-state index in [9.17, 15) is 14.9 Å². The fourth-order valence-corrected chi connectivity index (χ4v) is 2.99. The number of carbonyl (C=O) groups is 1. The quantitative estimate of drug-likeness (QED) is 0.280. The number of aromatic nitrogens is 2. The number of hydrogen-bond acceptors (Lipinski definition) is 10. The van der Waals surface area contributed by atoms with Gasteiger partial charge in [-0.25, -0.2) is 0 Å². The summed E-state index contributed by atoms with van der Waals surface area (Å²) in [5.41, 5.74) is 0.0292. The number of anilines is 1. The first-order valence-corrected chi connectivity index (χ1v) is 9.81. The second-order valence-corrected chi connectivity index (χ2v) is 6.83. The predicted molar refractivity (Wildman–Crippen MR) is 111 cm³/mol. The number of hydrogen-bond donors (Lipinski definition) is 1. The van der Waals surface area contributed by atoms with E-state index >= 15 is 0 Å². The molecule has 0 aliphatic rings. The smallest absolute Gasteiger partial charge is 0.277 e. The number of nitro benzene ring substituents is 1. The minimum atomic E-state index is -0.558. The van der Waals surface area contributed by atoms with Crippen LogP contribution in [-0.4, -0.2) is 41.0 Å². The summed E-state index contributed by atoms with van der Waals surface area (Å²) >= 11 is 1.02. The third-order valence-corrected chi connectivity index (χ3v) is 4.66. The van der Waals surface area contributed by atoms with Crippen LogP contribution in [0.1, 0.15) is 5.89 Å². The average molecular weight is 446 g/mol. The van der Waals surface area contributed by atoms with Gasteiger partial charge in [0.25, 0.3) is 16.8 Å². The molecule has 0 unspecified atom stereocenters. The summed E-state index contributed by atoms with van der Waals surface area (Å²) in [6, 6.07) is 11.0. The molecule has 1 aromatic heterocycles. The summed E-state index contributed by atoms with van der Waals surface area (Å²) in [5, 5.41) is 21.4. The van der Waals surface area contributed by atoms with Crippen LogP contribution in [0.25, 0.3) is 0 Å². The highest BCUT2D eigenvalue weighted by Gasteiger charge is 2.15. The van der Waals surface area contributed by atoms with Crippen molar-refractivity contribution in [2.75, 3.05) is 25.3 Å². The summed E-state index contributed by atoms with van der Waals surface area (Å²) in [6.07, 6.45) is 0. The average Bonchev–Trinajstić information content (AvgIpc) is 3.24. The van der Waals surface area contributed by atoms with E-state index in [0.717, 1.165) is 11.8 Å². The lowest BCUT2D eigenvalue weighted by atomic mass is 10.2. The Kier molecular flexibility index (Phi) is 7.27. The molecule has 0 spiro atoms. The van der Waals surface area contributed by atoms with Gasteiger partial charge in [0, 0.05) is 18.2 Å². The van der Waals surface area contributed by atoms with Crippen LogP contribution in [-0.2, 0) is 11.4 Å². The van der Waals surface area contributed by atoms with Crippen molar-refractivity contribution in [2.45, 2.75) is 11.8 Å². The molecule has 0 radical (unpaired) electrons. The molecule has 0 saturated carbocycles. The van der Waals surface area contributed by atoms with Crippen molar-refractivity contribution < 1.29 is 28.3 Å². The summed E-state index contributed by atoms with van der Waals surface area (Å²) in [6.45, 7) is 0.0534. The molecule has 1 heterocycles. The van der Waals surface area contributed by atoms with E-state index < -0.39 is 10.8 Å². The molecule has 1 amide bonds. The van der Waals surface area contributed by atoms with Gasteiger partial charge >= 0.3 is 0 Å². The molecular weight excluding hydrogens is 428 g/mol. The number of nitrogens with one attached hydrogen (secondary N) is 1. The minimum absolute atomic E-state index is 0.0514. The van der Waals surface area contributed by atoms with Crippen LogP contribution in [0.2, 0.25) is 0 Å². The lowest BCUT2D eigenvalue weighted by molar-refractivity contribution is -0.384. The van der Waals surface area contributed by atoms with Crippen molar-refractivity contribution in [3.8, 4) is 17.2 Å². The number of non-ortho nitro benzene ring substituents is 1. The van der Waals surface area contributed by atoms with Crippen molar-refractivity contribution in [1.29, 1.82) is 0 Å². The maximum absolute atomic E-state index is 12.2. The molecule has 0 saturated heterocycles. The monoisotopic (exact) mass is 446 g/mol. The minimum Gasteiger partial charge on any atom is -0.497 e. The van der Waals surface area contributed by atoms with E-state index in [0.29, 0.717) is 17.2 Å². The van der Waals surface area contributed by atoms with Crippen LogP contribution >= 0.6 is 11.8 Å². The van der Waals surface area contributed by atoms with Gasteiger partial charge in [-0.3, -0.25) is 14.9 Å². The summed E-state index contributed by atoms with van der Waals surface area (Å²) in [7, 11) is 2.96. The Morgan fingerprint density at radius 1 is 1.16 bits per heavy atom. The SMILES string of the molecule is COc1cccc(OCc2nnc(SCC(=O)Nc3cc([N+](=O)[O-])ccc3OC)o2)c1. The van der Waals surface area contributed by atoms with E-state index in [1.54, 1.807) is 31.4 Å². The van der Waals surface area contributed by atoms with Crippen molar-refractivity contribution in [3.63, 3.8) is 0 Å². The second kappa shape index (κ2) is 10.3. The number of carbonyl (C=O) groups excluding carboxylic acids is 1. The number of ether oxygens (including phenoxy) is 3. The first-order valence-electron chi connectivity index (χ1n) is 8.83. The topological polar surface area (TPSA) is 139 Å². The highest BCUT2D eigenvalue weighted by molar-refractivity contribution is 7.99. The molecule has 31 heavy (non-hydrogen) atoms. The zero-order valence-corrected chi connectivity index (χ0v) is 17.4. The third kappa shape index (κ3) is 6.09. The largest absolute Gasteiger partial charge is 0.497 e. The van der Waals surface area contributed by atoms with Crippen LogP contribution < -0.4 is 19.5 Å². The lowest BCUT2D eigenvalue weighted by Crippen LogP contribution is -2.15. The zero-order chi connectivity index (χ0) is 22.2. The van der Waals surface area contributed by atoms with Crippen molar-refractivity contribution in [2.24, 2.45) is 0 Å². The van der Waals surface area contributed by atoms with Crippen molar-refractivity contribution in [1.82, 2.24) is 10.2 Å².